The molecule has 10 aromatic carbocycles. The van der Waals surface area contributed by atoms with Crippen LogP contribution in [0.1, 0.15) is 25.0 Å². The maximum Gasteiger partial charge on any atom is 0.0554 e. The van der Waals surface area contributed by atoms with Gasteiger partial charge in [0.2, 0.25) is 0 Å². The van der Waals surface area contributed by atoms with Crippen LogP contribution in [-0.2, 0) is 5.41 Å². The smallest absolute Gasteiger partial charge is 0.0554 e. The van der Waals surface area contributed by atoms with E-state index in [0.717, 1.165) is 51.2 Å². The largest absolute Gasteiger partial charge is 0.310 e. The van der Waals surface area contributed by atoms with Gasteiger partial charge in [-0.2, -0.15) is 0 Å². The van der Waals surface area contributed by atoms with Crippen LogP contribution in [0.15, 0.2) is 237 Å². The Labute approximate surface area is 404 Å². The number of hydrogen-bond acceptors (Lipinski definition) is 5. The number of para-hydroxylation sites is 4. The fraction of sp³-hybridized carbons (Fsp3) is 0.0476. The SMILES string of the molecule is CC1(C)c2ccccc2-c2ccc(N(c3ccc4sc5cccc(N(c6ccccc6)c6ccccc6)c5c4c3)c3ccc4sc5cccc(N(c6ccccc6)c6ccccc6)c5c4c3)cc21. The number of anilines is 9. The number of fused-ring (bicyclic) bond motifs is 9. The molecule has 1 aliphatic carbocycles. The molecule has 324 valence electrons. The van der Waals surface area contributed by atoms with Gasteiger partial charge in [0.25, 0.3) is 0 Å². The van der Waals surface area contributed by atoms with Crippen LogP contribution >= 0.6 is 22.7 Å². The number of nitrogens with zero attached hydrogens (tertiary/aromatic N) is 3. The van der Waals surface area contributed by atoms with Gasteiger partial charge in [-0.05, 0) is 144 Å². The lowest BCUT2D eigenvalue weighted by Gasteiger charge is -2.29. The molecule has 0 radical (unpaired) electrons. The van der Waals surface area contributed by atoms with Crippen LogP contribution < -0.4 is 14.7 Å². The van der Waals surface area contributed by atoms with Gasteiger partial charge in [-0.25, -0.2) is 0 Å². The molecule has 0 aliphatic heterocycles. The summed E-state index contributed by atoms with van der Waals surface area (Å²) < 4.78 is 5.03. The van der Waals surface area contributed by atoms with E-state index in [1.165, 1.54) is 62.6 Å². The topological polar surface area (TPSA) is 9.72 Å². The van der Waals surface area contributed by atoms with Crippen LogP contribution in [0, 0.1) is 0 Å². The summed E-state index contributed by atoms with van der Waals surface area (Å²) in [6.07, 6.45) is 0. The van der Waals surface area contributed by atoms with Crippen molar-refractivity contribution in [3.63, 3.8) is 0 Å². The quantitative estimate of drug-likeness (QED) is 0.143. The lowest BCUT2D eigenvalue weighted by Crippen LogP contribution is -2.16. The molecule has 3 nitrogen and oxygen atoms in total. The van der Waals surface area contributed by atoms with Crippen LogP contribution in [0.2, 0.25) is 0 Å². The van der Waals surface area contributed by atoms with E-state index in [1.807, 2.05) is 22.7 Å². The summed E-state index contributed by atoms with van der Waals surface area (Å²) in [5.74, 6) is 0. The number of benzene rings is 10. The maximum atomic E-state index is 2.49. The molecule has 2 heterocycles. The molecule has 0 N–H and O–H groups in total. The van der Waals surface area contributed by atoms with E-state index in [2.05, 4.69) is 265 Å². The van der Waals surface area contributed by atoms with Gasteiger partial charge in [0, 0.05) is 85.6 Å². The molecule has 0 bridgehead atoms. The van der Waals surface area contributed by atoms with Crippen molar-refractivity contribution in [3.05, 3.63) is 248 Å². The zero-order valence-corrected chi connectivity index (χ0v) is 39.3. The van der Waals surface area contributed by atoms with Gasteiger partial charge in [0.15, 0.2) is 0 Å². The molecule has 0 unspecified atom stereocenters. The fourth-order valence-corrected chi connectivity index (χ4v) is 12.9. The van der Waals surface area contributed by atoms with Crippen molar-refractivity contribution in [2.24, 2.45) is 0 Å². The van der Waals surface area contributed by atoms with Crippen LogP contribution in [0.5, 0.6) is 0 Å². The highest BCUT2D eigenvalue weighted by molar-refractivity contribution is 7.26. The summed E-state index contributed by atoms with van der Waals surface area (Å²) in [5.41, 5.74) is 15.4. The second-order valence-electron chi connectivity index (χ2n) is 18.1. The van der Waals surface area contributed by atoms with Crippen molar-refractivity contribution in [1.82, 2.24) is 0 Å². The molecule has 0 saturated carbocycles. The predicted molar refractivity (Wildman–Crippen MR) is 294 cm³/mol. The third kappa shape index (κ3) is 6.53. The van der Waals surface area contributed by atoms with Gasteiger partial charge < -0.3 is 14.7 Å². The van der Waals surface area contributed by atoms with Gasteiger partial charge >= 0.3 is 0 Å². The molecule has 1 aliphatic rings. The third-order valence-electron chi connectivity index (χ3n) is 13.8. The zero-order chi connectivity index (χ0) is 45.3. The predicted octanol–water partition coefficient (Wildman–Crippen LogP) is 19.1. The maximum absolute atomic E-state index is 2.49. The van der Waals surface area contributed by atoms with E-state index in [-0.39, 0.29) is 5.41 Å². The fourth-order valence-electron chi connectivity index (χ4n) is 10.7. The Morgan fingerprint density at radius 1 is 0.294 bits per heavy atom. The van der Waals surface area contributed by atoms with E-state index in [0.29, 0.717) is 0 Å². The van der Waals surface area contributed by atoms with E-state index in [9.17, 15) is 0 Å². The van der Waals surface area contributed by atoms with E-state index >= 15 is 0 Å². The molecule has 0 saturated heterocycles. The van der Waals surface area contributed by atoms with Crippen LogP contribution in [0.3, 0.4) is 0 Å². The highest BCUT2D eigenvalue weighted by Crippen LogP contribution is 2.53. The van der Waals surface area contributed by atoms with Crippen molar-refractivity contribution in [2.75, 3.05) is 14.7 Å². The van der Waals surface area contributed by atoms with Gasteiger partial charge in [-0.1, -0.05) is 129 Å². The summed E-state index contributed by atoms with van der Waals surface area (Å²) in [4.78, 5) is 7.30. The Bertz CT molecular complexity index is 3560. The highest BCUT2D eigenvalue weighted by atomic mass is 32.1. The van der Waals surface area contributed by atoms with Gasteiger partial charge in [0.05, 0.1) is 11.4 Å². The lowest BCUT2D eigenvalue weighted by atomic mass is 9.82. The molecule has 68 heavy (non-hydrogen) atoms. The average molecular weight is 908 g/mol. The summed E-state index contributed by atoms with van der Waals surface area (Å²) >= 11 is 3.72. The van der Waals surface area contributed by atoms with Crippen molar-refractivity contribution < 1.29 is 0 Å². The molecule has 2 aromatic heterocycles. The second-order valence-corrected chi connectivity index (χ2v) is 20.3. The molecule has 12 aromatic rings. The molecule has 0 spiro atoms. The molecule has 0 amide bonds. The minimum atomic E-state index is -0.158. The normalized spacial score (nSPS) is 12.7. The Kier molecular flexibility index (Phi) is 9.57. The molecule has 0 atom stereocenters. The molecule has 13 rings (SSSR count). The van der Waals surface area contributed by atoms with Gasteiger partial charge in [-0.3, -0.25) is 0 Å². The average Bonchev–Trinajstić information content (AvgIpc) is 4.03. The molecular weight excluding hydrogens is 863 g/mol. The summed E-state index contributed by atoms with van der Waals surface area (Å²) in [5, 5.41) is 4.97. The summed E-state index contributed by atoms with van der Waals surface area (Å²) in [6, 6.07) is 86.8. The van der Waals surface area contributed by atoms with Gasteiger partial charge in [0.1, 0.15) is 0 Å². The number of thiophene rings is 2. The zero-order valence-electron chi connectivity index (χ0n) is 37.7. The Morgan fingerprint density at radius 3 is 1.16 bits per heavy atom. The standard InChI is InChI=1S/C63H45N3S2/c1-63(2)53-28-16-15-27-49(53)50-36-33-48(41-54(50)63)64(46-34-37-57-51(39-46)61-55(29-17-31-59(61)67-57)65(42-19-7-3-8-20-42)43-21-9-4-10-22-43)47-35-38-58-52(40-47)62-56(30-18-32-60(62)68-58)66(44-23-11-5-12-24-44)45-25-13-6-14-26-45/h3-41H,1-2H3. The van der Waals surface area contributed by atoms with Crippen molar-refractivity contribution >= 4 is 114 Å². The third-order valence-corrected chi connectivity index (χ3v) is 16.1. The first-order valence-corrected chi connectivity index (χ1v) is 24.9. The molecule has 5 heteroatoms. The first-order valence-electron chi connectivity index (χ1n) is 23.3. The van der Waals surface area contributed by atoms with E-state index in [4.69, 9.17) is 0 Å². The van der Waals surface area contributed by atoms with E-state index < -0.39 is 0 Å². The first kappa shape index (κ1) is 40.3. The van der Waals surface area contributed by atoms with Crippen molar-refractivity contribution in [1.29, 1.82) is 0 Å². The molecular formula is C63H45N3S2. The highest BCUT2D eigenvalue weighted by Gasteiger charge is 2.36. The number of rotatable bonds is 9. The van der Waals surface area contributed by atoms with Crippen LogP contribution in [0.25, 0.3) is 51.5 Å². The van der Waals surface area contributed by atoms with E-state index in [1.54, 1.807) is 0 Å². The monoisotopic (exact) mass is 907 g/mol. The first-order chi connectivity index (χ1) is 33.5. The Morgan fingerprint density at radius 2 is 0.691 bits per heavy atom. The second kappa shape index (κ2) is 16.1. The van der Waals surface area contributed by atoms with Crippen LogP contribution in [-0.4, -0.2) is 0 Å². The minimum Gasteiger partial charge on any atom is -0.310 e. The lowest BCUT2D eigenvalue weighted by molar-refractivity contribution is 0.660. The summed E-state index contributed by atoms with van der Waals surface area (Å²) in [6.45, 7) is 4.75. The van der Waals surface area contributed by atoms with Gasteiger partial charge in [-0.15, -0.1) is 22.7 Å². The van der Waals surface area contributed by atoms with Crippen molar-refractivity contribution in [2.45, 2.75) is 19.3 Å². The Balaban J connectivity index is 1.05. The Hall–Kier alpha value is -7.96. The van der Waals surface area contributed by atoms with Crippen LogP contribution in [0.4, 0.5) is 51.2 Å². The molecule has 0 fully saturated rings. The van der Waals surface area contributed by atoms with Crippen molar-refractivity contribution in [3.8, 4) is 11.1 Å². The number of hydrogen-bond donors (Lipinski definition) is 0. The minimum absolute atomic E-state index is 0.158. The summed E-state index contributed by atoms with van der Waals surface area (Å²) in [7, 11) is 0.